The summed E-state index contributed by atoms with van der Waals surface area (Å²) in [5.74, 6) is -0.888. The quantitative estimate of drug-likeness (QED) is 0.875. The van der Waals surface area contributed by atoms with Crippen LogP contribution in [0.3, 0.4) is 0 Å². The summed E-state index contributed by atoms with van der Waals surface area (Å²) in [5.41, 5.74) is 0.481. The van der Waals surface area contributed by atoms with Crippen LogP contribution in [0.5, 0.6) is 0 Å². The molecular formula is C13H21NO4S2. The lowest BCUT2D eigenvalue weighted by molar-refractivity contribution is 0.0701. The van der Waals surface area contributed by atoms with E-state index in [1.165, 1.54) is 10.4 Å². The molecule has 5 nitrogen and oxygen atoms in total. The van der Waals surface area contributed by atoms with Crippen LogP contribution in [0.15, 0.2) is 10.3 Å². The summed E-state index contributed by atoms with van der Waals surface area (Å²) < 4.78 is 26.8. The van der Waals surface area contributed by atoms with Crippen molar-refractivity contribution in [3.8, 4) is 0 Å². The van der Waals surface area contributed by atoms with E-state index < -0.39 is 16.0 Å². The fourth-order valence-corrected chi connectivity index (χ4v) is 5.16. The third-order valence-corrected chi connectivity index (χ3v) is 6.49. The molecule has 0 unspecified atom stereocenters. The van der Waals surface area contributed by atoms with Crippen molar-refractivity contribution < 1.29 is 18.3 Å². The number of hydrogen-bond donors (Lipinski definition) is 1. The van der Waals surface area contributed by atoms with Gasteiger partial charge >= 0.3 is 5.97 Å². The zero-order valence-corrected chi connectivity index (χ0v) is 14.0. The number of aryl methyl sites for hydroxylation is 1. The van der Waals surface area contributed by atoms with E-state index in [4.69, 9.17) is 5.11 Å². The first-order valence-electron chi connectivity index (χ1n) is 6.43. The second-order valence-corrected chi connectivity index (χ2v) is 8.61. The van der Waals surface area contributed by atoms with Crippen LogP contribution in [0.25, 0.3) is 0 Å². The number of carboxylic acid groups (broad SMARTS) is 1. The van der Waals surface area contributed by atoms with Gasteiger partial charge in [-0.1, -0.05) is 13.8 Å². The molecule has 0 bridgehead atoms. The number of carbonyl (C=O) groups is 1. The lowest BCUT2D eigenvalue weighted by Gasteiger charge is -2.26. The molecule has 7 heteroatoms. The average Bonchev–Trinajstić information content (AvgIpc) is 2.68. The number of carboxylic acids is 1. The van der Waals surface area contributed by atoms with Gasteiger partial charge in [-0.3, -0.25) is 0 Å². The molecule has 0 atom stereocenters. The maximum Gasteiger partial charge on any atom is 0.346 e. The van der Waals surface area contributed by atoms with Crippen LogP contribution >= 0.6 is 11.3 Å². The van der Waals surface area contributed by atoms with E-state index in [0.717, 1.165) is 11.3 Å². The van der Waals surface area contributed by atoms with E-state index in [1.54, 1.807) is 6.92 Å². The van der Waals surface area contributed by atoms with Crippen LogP contribution < -0.4 is 0 Å². The van der Waals surface area contributed by atoms with Gasteiger partial charge in [-0.2, -0.15) is 4.31 Å². The second kappa shape index (κ2) is 6.24. The largest absolute Gasteiger partial charge is 0.477 e. The molecule has 0 saturated heterocycles. The molecule has 0 aliphatic rings. The summed E-state index contributed by atoms with van der Waals surface area (Å²) in [6.07, 6.45) is 0. The van der Waals surface area contributed by atoms with Crippen molar-refractivity contribution in [3.63, 3.8) is 0 Å². The highest BCUT2D eigenvalue weighted by atomic mass is 32.2. The van der Waals surface area contributed by atoms with E-state index in [0.29, 0.717) is 12.1 Å². The predicted octanol–water partition coefficient (Wildman–Crippen LogP) is 2.81. The van der Waals surface area contributed by atoms with Crippen molar-refractivity contribution in [1.82, 2.24) is 4.31 Å². The number of rotatable bonds is 6. The predicted molar refractivity (Wildman–Crippen MR) is 79.9 cm³/mol. The lowest BCUT2D eigenvalue weighted by atomic mass is 10.2. The highest BCUT2D eigenvalue weighted by Crippen LogP contribution is 2.29. The molecule has 0 amide bonds. The van der Waals surface area contributed by atoms with Crippen LogP contribution in [0.1, 0.15) is 42.9 Å². The molecule has 0 fully saturated rings. The highest BCUT2D eigenvalue weighted by molar-refractivity contribution is 7.91. The van der Waals surface area contributed by atoms with E-state index in [9.17, 15) is 13.2 Å². The van der Waals surface area contributed by atoms with Gasteiger partial charge in [0.25, 0.3) is 10.0 Å². The molecule has 0 aromatic carbocycles. The van der Waals surface area contributed by atoms with Crippen molar-refractivity contribution in [2.45, 2.75) is 44.9 Å². The molecule has 1 N–H and O–H groups in total. The van der Waals surface area contributed by atoms with Crippen LogP contribution in [0.4, 0.5) is 0 Å². The van der Waals surface area contributed by atoms with Gasteiger partial charge in [0, 0.05) is 12.6 Å². The van der Waals surface area contributed by atoms with Crippen molar-refractivity contribution in [2.24, 2.45) is 5.92 Å². The van der Waals surface area contributed by atoms with Crippen LogP contribution in [0.2, 0.25) is 0 Å². The summed E-state index contributed by atoms with van der Waals surface area (Å²) in [5, 5.41) is 9.04. The Hall–Kier alpha value is -0.920. The van der Waals surface area contributed by atoms with Gasteiger partial charge in [0.2, 0.25) is 0 Å². The summed E-state index contributed by atoms with van der Waals surface area (Å²) >= 11 is 0.818. The summed E-state index contributed by atoms with van der Waals surface area (Å²) in [6, 6.07) is 1.28. The zero-order valence-electron chi connectivity index (χ0n) is 12.4. The number of sulfonamides is 1. The average molecular weight is 319 g/mol. The maximum atomic E-state index is 12.6. The Labute approximate surface area is 124 Å². The maximum absolute atomic E-state index is 12.6. The molecule has 0 aliphatic heterocycles. The van der Waals surface area contributed by atoms with Crippen LogP contribution in [-0.4, -0.2) is 36.4 Å². The first kappa shape index (κ1) is 17.1. The highest BCUT2D eigenvalue weighted by Gasteiger charge is 2.30. The molecular weight excluding hydrogens is 298 g/mol. The normalized spacial score (nSPS) is 12.6. The molecule has 0 spiro atoms. The zero-order chi connectivity index (χ0) is 15.7. The van der Waals surface area contributed by atoms with E-state index in [2.05, 4.69) is 0 Å². The summed E-state index contributed by atoms with van der Waals surface area (Å²) in [7, 11) is -3.64. The van der Waals surface area contributed by atoms with Crippen molar-refractivity contribution in [3.05, 3.63) is 16.5 Å². The van der Waals surface area contributed by atoms with Crippen LogP contribution in [-0.2, 0) is 10.0 Å². The van der Waals surface area contributed by atoms with Gasteiger partial charge in [0.15, 0.2) is 0 Å². The van der Waals surface area contributed by atoms with Crippen LogP contribution in [0, 0.1) is 12.8 Å². The SMILES string of the molecule is Cc1cc(S(=O)(=O)N(CC(C)C)C(C)C)sc1C(=O)O. The van der Waals surface area contributed by atoms with Gasteiger partial charge in [0.1, 0.15) is 9.09 Å². The molecule has 114 valence electrons. The fraction of sp³-hybridized carbons (Fsp3) is 0.615. The number of nitrogens with zero attached hydrogens (tertiary/aromatic N) is 1. The standard InChI is InChI=1S/C13H21NO4S2/c1-8(2)7-14(9(3)4)20(17,18)11-6-10(5)12(19-11)13(15)16/h6,8-9H,7H2,1-5H3,(H,15,16). The van der Waals surface area contributed by atoms with Gasteiger partial charge < -0.3 is 5.11 Å². The van der Waals surface area contributed by atoms with E-state index >= 15 is 0 Å². The third kappa shape index (κ3) is 3.59. The monoisotopic (exact) mass is 319 g/mol. The number of aromatic carboxylic acids is 1. The smallest absolute Gasteiger partial charge is 0.346 e. The van der Waals surface area contributed by atoms with Crippen molar-refractivity contribution in [1.29, 1.82) is 0 Å². The van der Waals surface area contributed by atoms with Gasteiger partial charge in [-0.05, 0) is 38.3 Å². The Kier molecular flexibility index (Phi) is 5.34. The Bertz CT molecular complexity index is 588. The molecule has 1 aromatic heterocycles. The first-order valence-corrected chi connectivity index (χ1v) is 8.68. The van der Waals surface area contributed by atoms with Gasteiger partial charge in [0.05, 0.1) is 0 Å². The Balaban J connectivity index is 3.26. The molecule has 1 aromatic rings. The Morgan fingerprint density at radius 3 is 2.25 bits per heavy atom. The van der Waals surface area contributed by atoms with Crippen molar-refractivity contribution in [2.75, 3.05) is 6.54 Å². The van der Waals surface area contributed by atoms with E-state index in [-0.39, 0.29) is 21.0 Å². The topological polar surface area (TPSA) is 74.7 Å². The van der Waals surface area contributed by atoms with Gasteiger partial charge in [-0.15, -0.1) is 11.3 Å². The molecule has 0 saturated carbocycles. The molecule has 0 aliphatic carbocycles. The summed E-state index contributed by atoms with van der Waals surface area (Å²) in [4.78, 5) is 11.1. The number of hydrogen-bond acceptors (Lipinski definition) is 4. The molecule has 0 radical (unpaired) electrons. The minimum absolute atomic E-state index is 0.0804. The minimum Gasteiger partial charge on any atom is -0.477 e. The number of thiophene rings is 1. The first-order chi connectivity index (χ1) is 9.07. The fourth-order valence-electron chi connectivity index (χ4n) is 1.85. The Morgan fingerprint density at radius 1 is 1.35 bits per heavy atom. The molecule has 20 heavy (non-hydrogen) atoms. The summed E-state index contributed by atoms with van der Waals surface area (Å²) in [6.45, 7) is 9.57. The van der Waals surface area contributed by atoms with Crippen molar-refractivity contribution >= 4 is 27.3 Å². The second-order valence-electron chi connectivity index (χ2n) is 5.45. The van der Waals surface area contributed by atoms with E-state index in [1.807, 2.05) is 27.7 Å². The molecule has 1 rings (SSSR count). The Morgan fingerprint density at radius 2 is 1.90 bits per heavy atom. The molecule has 1 heterocycles. The minimum atomic E-state index is -3.64. The van der Waals surface area contributed by atoms with Gasteiger partial charge in [-0.25, -0.2) is 13.2 Å². The lowest BCUT2D eigenvalue weighted by Crippen LogP contribution is -2.39. The third-order valence-electron chi connectivity index (χ3n) is 2.77.